The number of ether oxygens (including phenoxy) is 4. The van der Waals surface area contributed by atoms with Gasteiger partial charge in [0.15, 0.2) is 12.4 Å². The van der Waals surface area contributed by atoms with Gasteiger partial charge in [0.1, 0.15) is 13.2 Å². The van der Waals surface area contributed by atoms with Crippen LogP contribution in [0, 0.1) is 0 Å². The van der Waals surface area contributed by atoms with Gasteiger partial charge in [-0.25, -0.2) is 0 Å². The molecule has 0 saturated carbocycles. The van der Waals surface area contributed by atoms with E-state index < -0.39 is 24.3 Å². The molecule has 0 aromatic rings. The van der Waals surface area contributed by atoms with Gasteiger partial charge in [-0.3, -0.25) is 9.59 Å². The van der Waals surface area contributed by atoms with E-state index >= 15 is 0 Å². The highest BCUT2D eigenvalue weighted by atomic mass is 16.7. The Morgan fingerprint density at radius 2 is 0.687 bits per heavy atom. The number of carbonyl (C=O) groups excluding carboxylic acids is 3. The SMILES string of the molecule is CC/C=C\C/C=C\C/C=C\C/C=C\C/C=C\C/C=C\C/C=C\C/C=C\C/C=C\C/C=C\C/C=C\CCCCCCCC(=O)OC(COC(=O)CCCCCCCCCCC/C=C\CCCCCCCC)COC(OCC[N+](C)(C)C)C(=O)[O-]. The van der Waals surface area contributed by atoms with Gasteiger partial charge in [-0.15, -0.1) is 0 Å². The van der Waals surface area contributed by atoms with Crippen molar-refractivity contribution in [1.29, 1.82) is 0 Å². The van der Waals surface area contributed by atoms with Gasteiger partial charge >= 0.3 is 11.9 Å². The third-order valence-corrected chi connectivity index (χ3v) is 13.6. The average molecular weight is 1150 g/mol. The molecule has 0 fully saturated rings. The first-order valence-corrected chi connectivity index (χ1v) is 33.0. The number of carboxylic acids is 1. The zero-order valence-electron chi connectivity index (χ0n) is 53.5. The molecule has 0 radical (unpaired) electrons. The van der Waals surface area contributed by atoms with E-state index in [1.54, 1.807) is 0 Å². The van der Waals surface area contributed by atoms with Crippen molar-refractivity contribution in [1.82, 2.24) is 0 Å². The molecule has 9 nitrogen and oxygen atoms in total. The Balaban J connectivity index is 4.24. The van der Waals surface area contributed by atoms with Gasteiger partial charge in [0.25, 0.3) is 0 Å². The van der Waals surface area contributed by atoms with Crippen LogP contribution in [0.25, 0.3) is 0 Å². The van der Waals surface area contributed by atoms with Gasteiger partial charge in [0, 0.05) is 12.8 Å². The minimum atomic E-state index is -1.64. The largest absolute Gasteiger partial charge is 0.545 e. The van der Waals surface area contributed by atoms with E-state index in [1.165, 1.54) is 89.9 Å². The van der Waals surface area contributed by atoms with E-state index in [-0.39, 0.29) is 38.6 Å². The Morgan fingerprint density at radius 3 is 1.04 bits per heavy atom. The van der Waals surface area contributed by atoms with Gasteiger partial charge in [-0.2, -0.15) is 0 Å². The first kappa shape index (κ1) is 78.2. The standard InChI is InChI=1S/C74H121NO8/c1-6-8-10-12-14-16-18-20-22-24-26-27-28-29-30-31-32-33-34-35-36-37-38-39-40-41-42-43-44-45-47-49-51-53-55-57-59-61-63-65-72(77)83-70(69-82-74(73(78)79)80-67-66-75(3,4)5)68-81-71(76)64-62-60-58-56-54-52-50-48-46-25-23-21-19-17-15-13-11-9-7-2/h8,10,14,16,20-23,26-27,29-30,32-33,35-36,38-39,41-42,44-45,49,51,70,74H,6-7,9,11-13,15,17-19,24-25,28,31,34,37,40,43,46-48,50,52-69H2,1-5H3/b10-8-,16-14-,22-20-,23-21-,27-26-,30-29-,33-32-,36-35-,39-38-,42-41-,45-44-,51-49-. The Hall–Kier alpha value is -4.83. The Labute approximate surface area is 509 Å². The van der Waals surface area contributed by atoms with Crippen LogP contribution in [0.3, 0.4) is 0 Å². The van der Waals surface area contributed by atoms with Crippen LogP contribution in [0.15, 0.2) is 146 Å². The molecule has 0 N–H and O–H groups in total. The molecule has 0 spiro atoms. The van der Waals surface area contributed by atoms with E-state index in [4.69, 9.17) is 18.9 Å². The molecule has 83 heavy (non-hydrogen) atoms. The normalized spacial score (nSPS) is 13.7. The first-order valence-electron chi connectivity index (χ1n) is 33.0. The molecule has 0 aliphatic carbocycles. The van der Waals surface area contributed by atoms with Crippen molar-refractivity contribution in [2.45, 2.75) is 257 Å². The van der Waals surface area contributed by atoms with Crippen LogP contribution in [-0.4, -0.2) is 82.3 Å². The number of unbranched alkanes of at least 4 members (excludes halogenated alkanes) is 20. The van der Waals surface area contributed by atoms with Gasteiger partial charge in [-0.05, 0) is 122 Å². The number of carboxylic acid groups (broad SMARTS) is 1. The Morgan fingerprint density at radius 1 is 0.373 bits per heavy atom. The van der Waals surface area contributed by atoms with Gasteiger partial charge in [0.05, 0.1) is 40.3 Å². The summed E-state index contributed by atoms with van der Waals surface area (Å²) in [6, 6.07) is 0. The molecule has 0 rings (SSSR count). The molecule has 0 aliphatic rings. The number of allylic oxidation sites excluding steroid dienone is 24. The Kier molecular flexibility index (Phi) is 59.5. The lowest BCUT2D eigenvalue weighted by molar-refractivity contribution is -0.870. The number of hydrogen-bond donors (Lipinski definition) is 0. The van der Waals surface area contributed by atoms with E-state index in [2.05, 4.69) is 160 Å². The van der Waals surface area contributed by atoms with Crippen molar-refractivity contribution in [3.8, 4) is 0 Å². The summed E-state index contributed by atoms with van der Waals surface area (Å²) in [6.45, 7) is 4.60. The number of carbonyl (C=O) groups is 3. The van der Waals surface area contributed by atoms with Crippen LogP contribution in [0.2, 0.25) is 0 Å². The van der Waals surface area contributed by atoms with Crippen LogP contribution in [0.1, 0.15) is 245 Å². The fourth-order valence-corrected chi connectivity index (χ4v) is 8.54. The number of esters is 2. The monoisotopic (exact) mass is 1150 g/mol. The summed E-state index contributed by atoms with van der Waals surface area (Å²) in [4.78, 5) is 37.4. The smallest absolute Gasteiger partial charge is 0.306 e. The lowest BCUT2D eigenvalue weighted by Gasteiger charge is -2.26. The van der Waals surface area contributed by atoms with Crippen LogP contribution in [0.5, 0.6) is 0 Å². The minimum absolute atomic E-state index is 0.136. The van der Waals surface area contributed by atoms with Crippen molar-refractivity contribution in [2.75, 3.05) is 47.5 Å². The van der Waals surface area contributed by atoms with E-state index in [9.17, 15) is 19.5 Å². The maximum atomic E-state index is 12.9. The summed E-state index contributed by atoms with van der Waals surface area (Å²) in [7, 11) is 5.91. The molecule has 0 aliphatic heterocycles. The fourth-order valence-electron chi connectivity index (χ4n) is 8.54. The van der Waals surface area contributed by atoms with Crippen LogP contribution in [0.4, 0.5) is 0 Å². The van der Waals surface area contributed by atoms with Crippen molar-refractivity contribution in [3.05, 3.63) is 146 Å². The molecule has 0 aromatic heterocycles. The molecular formula is C74H121NO8. The quantitative estimate of drug-likeness (QED) is 0.0195. The van der Waals surface area contributed by atoms with Gasteiger partial charge in [-0.1, -0.05) is 256 Å². The molecule has 470 valence electrons. The molecule has 9 heteroatoms. The predicted octanol–water partition coefficient (Wildman–Crippen LogP) is 19.0. The van der Waals surface area contributed by atoms with E-state index in [1.807, 2.05) is 21.1 Å². The zero-order chi connectivity index (χ0) is 60.5. The number of aliphatic carboxylic acids is 1. The summed E-state index contributed by atoms with van der Waals surface area (Å²) in [5.41, 5.74) is 0. The molecule has 0 amide bonds. The predicted molar refractivity (Wildman–Crippen MR) is 352 cm³/mol. The topological polar surface area (TPSA) is 111 Å². The van der Waals surface area contributed by atoms with Crippen LogP contribution in [-0.2, 0) is 33.3 Å². The molecule has 0 heterocycles. The molecule has 0 saturated heterocycles. The lowest BCUT2D eigenvalue weighted by Crippen LogP contribution is -2.44. The van der Waals surface area contributed by atoms with E-state index in [0.29, 0.717) is 17.4 Å². The average Bonchev–Trinajstić information content (AvgIpc) is 3.46. The van der Waals surface area contributed by atoms with Crippen molar-refractivity contribution in [3.63, 3.8) is 0 Å². The third-order valence-electron chi connectivity index (χ3n) is 13.6. The summed E-state index contributed by atoms with van der Waals surface area (Å²) >= 11 is 0. The first-order chi connectivity index (χ1) is 40.6. The molecule has 2 atom stereocenters. The second-order valence-electron chi connectivity index (χ2n) is 22.7. The lowest BCUT2D eigenvalue weighted by atomic mass is 10.1. The maximum absolute atomic E-state index is 12.9. The second-order valence-corrected chi connectivity index (χ2v) is 22.7. The zero-order valence-corrected chi connectivity index (χ0v) is 53.5. The number of nitrogens with zero attached hydrogens (tertiary/aromatic N) is 1. The highest BCUT2D eigenvalue weighted by molar-refractivity contribution is 5.70. The van der Waals surface area contributed by atoms with E-state index in [0.717, 1.165) is 122 Å². The van der Waals surface area contributed by atoms with Crippen LogP contribution >= 0.6 is 0 Å². The summed E-state index contributed by atoms with van der Waals surface area (Å²) in [6.07, 6.45) is 89.1. The highest BCUT2D eigenvalue weighted by Gasteiger charge is 2.22. The number of hydrogen-bond acceptors (Lipinski definition) is 8. The number of likely N-dealkylation sites (N-methyl/N-ethyl adjacent to an activating group) is 1. The van der Waals surface area contributed by atoms with Gasteiger partial charge < -0.3 is 33.3 Å². The summed E-state index contributed by atoms with van der Waals surface area (Å²) in [5.74, 6) is -2.32. The fraction of sp³-hybridized carbons (Fsp3) is 0.635. The molecular weight excluding hydrogens is 1030 g/mol. The highest BCUT2D eigenvalue weighted by Crippen LogP contribution is 2.15. The summed E-state index contributed by atoms with van der Waals surface area (Å²) in [5, 5.41) is 11.8. The molecule has 0 bridgehead atoms. The Bertz CT molecular complexity index is 1870. The maximum Gasteiger partial charge on any atom is 0.306 e. The molecule has 2 unspecified atom stereocenters. The third kappa shape index (κ3) is 64.6. The van der Waals surface area contributed by atoms with Gasteiger partial charge in [0.2, 0.25) is 0 Å². The van der Waals surface area contributed by atoms with Crippen molar-refractivity contribution in [2.24, 2.45) is 0 Å². The number of rotatable bonds is 59. The second kappa shape index (κ2) is 63.2. The van der Waals surface area contributed by atoms with Crippen molar-refractivity contribution >= 4 is 17.9 Å². The van der Waals surface area contributed by atoms with Crippen LogP contribution < -0.4 is 5.11 Å². The summed E-state index contributed by atoms with van der Waals surface area (Å²) < 4.78 is 22.7. The number of quaternary nitrogens is 1. The van der Waals surface area contributed by atoms with Crippen molar-refractivity contribution < 1.29 is 42.9 Å². The molecule has 0 aromatic carbocycles. The minimum Gasteiger partial charge on any atom is -0.545 e.